The maximum absolute atomic E-state index is 2.45. The summed E-state index contributed by atoms with van der Waals surface area (Å²) >= 11 is 0. The van der Waals surface area contributed by atoms with Gasteiger partial charge < -0.3 is 14.0 Å². The van der Waals surface area contributed by atoms with E-state index in [-0.39, 0.29) is 0 Å². The number of anilines is 3. The zero-order chi connectivity index (χ0) is 41.7. The highest BCUT2D eigenvalue weighted by Crippen LogP contribution is 2.46. The van der Waals surface area contributed by atoms with E-state index in [1.165, 1.54) is 65.9 Å². The minimum atomic E-state index is 1.08. The van der Waals surface area contributed by atoms with Crippen LogP contribution in [0.25, 0.3) is 88.4 Å². The molecule has 10 aromatic carbocycles. The van der Waals surface area contributed by atoms with Crippen molar-refractivity contribution in [3.63, 3.8) is 0 Å². The minimum Gasteiger partial charge on any atom is -0.310 e. The summed E-state index contributed by atoms with van der Waals surface area (Å²) in [6, 6.07) is 90.2. The first-order valence-electron chi connectivity index (χ1n) is 21.6. The van der Waals surface area contributed by atoms with Crippen molar-refractivity contribution in [1.82, 2.24) is 9.13 Å². The summed E-state index contributed by atoms with van der Waals surface area (Å²) in [6.45, 7) is 0. The molecular weight excluding hydrogens is 763 g/mol. The summed E-state index contributed by atoms with van der Waals surface area (Å²) in [5.74, 6) is 0. The van der Waals surface area contributed by atoms with E-state index in [1.54, 1.807) is 0 Å². The van der Waals surface area contributed by atoms with Gasteiger partial charge in [0, 0.05) is 55.5 Å². The van der Waals surface area contributed by atoms with Crippen LogP contribution in [0.5, 0.6) is 0 Å². The van der Waals surface area contributed by atoms with E-state index in [0.717, 1.165) is 39.6 Å². The topological polar surface area (TPSA) is 13.1 Å². The quantitative estimate of drug-likeness (QED) is 0.149. The average Bonchev–Trinajstić information content (AvgIpc) is 3.88. The van der Waals surface area contributed by atoms with E-state index >= 15 is 0 Å². The minimum absolute atomic E-state index is 1.08. The summed E-state index contributed by atoms with van der Waals surface area (Å²) < 4.78 is 4.84. The van der Waals surface area contributed by atoms with Crippen molar-refractivity contribution in [1.29, 1.82) is 0 Å². The van der Waals surface area contributed by atoms with Crippen molar-refractivity contribution in [3.8, 4) is 44.8 Å². The number of rotatable bonds is 8. The third-order valence-electron chi connectivity index (χ3n) is 12.5. The van der Waals surface area contributed by atoms with E-state index in [0.29, 0.717) is 0 Å². The van der Waals surface area contributed by atoms with Crippen LogP contribution in [0.15, 0.2) is 249 Å². The lowest BCUT2D eigenvalue weighted by molar-refractivity contribution is 1.18. The van der Waals surface area contributed by atoms with E-state index in [4.69, 9.17) is 0 Å². The van der Waals surface area contributed by atoms with Gasteiger partial charge in [-0.25, -0.2) is 0 Å². The van der Waals surface area contributed by atoms with E-state index < -0.39 is 0 Å². The Morgan fingerprint density at radius 2 is 0.667 bits per heavy atom. The molecule has 0 bridgehead atoms. The molecule has 3 heteroatoms. The highest BCUT2D eigenvalue weighted by atomic mass is 15.1. The molecule has 0 fully saturated rings. The lowest BCUT2D eigenvalue weighted by Crippen LogP contribution is -2.10. The molecule has 0 spiro atoms. The van der Waals surface area contributed by atoms with Crippen molar-refractivity contribution in [2.75, 3.05) is 4.90 Å². The summed E-state index contributed by atoms with van der Waals surface area (Å²) in [5.41, 5.74) is 17.3. The third-order valence-corrected chi connectivity index (χ3v) is 12.5. The monoisotopic (exact) mass is 803 g/mol. The summed E-state index contributed by atoms with van der Waals surface area (Å²) in [4.78, 5) is 2.42. The van der Waals surface area contributed by atoms with Crippen LogP contribution in [0.3, 0.4) is 0 Å². The molecule has 2 heterocycles. The van der Waals surface area contributed by atoms with Gasteiger partial charge in [0.1, 0.15) is 0 Å². The Bertz CT molecular complexity index is 3490. The molecule has 0 saturated heterocycles. The van der Waals surface area contributed by atoms with Crippen molar-refractivity contribution >= 4 is 60.7 Å². The molecular formula is C60H41N3. The molecule has 0 N–H and O–H groups in total. The predicted octanol–water partition coefficient (Wildman–Crippen LogP) is 16.4. The second kappa shape index (κ2) is 15.3. The Morgan fingerprint density at radius 3 is 1.22 bits per heavy atom. The second-order valence-electron chi connectivity index (χ2n) is 16.2. The first-order chi connectivity index (χ1) is 31.3. The SMILES string of the molecule is c1ccc(-c2ccc(N(c3ccc(-c4ccccc4)cc3)c3cc(-c4ccc5c(c4)c4ccccc4n5-c4ccccc4)c4c(c3)c3ccccc3n4-c3ccccc3)cc2)cc1. The van der Waals surface area contributed by atoms with Crippen LogP contribution < -0.4 is 4.90 Å². The summed E-state index contributed by atoms with van der Waals surface area (Å²) in [6.07, 6.45) is 0. The Balaban J connectivity index is 1.14. The average molecular weight is 804 g/mol. The molecule has 0 radical (unpaired) electrons. The van der Waals surface area contributed by atoms with Crippen LogP contribution in [-0.2, 0) is 0 Å². The molecule has 12 rings (SSSR count). The molecule has 12 aromatic rings. The number of fused-ring (bicyclic) bond motifs is 6. The van der Waals surface area contributed by atoms with Gasteiger partial charge in [-0.15, -0.1) is 0 Å². The zero-order valence-corrected chi connectivity index (χ0v) is 34.5. The van der Waals surface area contributed by atoms with Crippen LogP contribution in [0.1, 0.15) is 0 Å². The lowest BCUT2D eigenvalue weighted by atomic mass is 9.97. The molecule has 0 unspecified atom stereocenters. The van der Waals surface area contributed by atoms with Crippen molar-refractivity contribution < 1.29 is 0 Å². The fourth-order valence-corrected chi connectivity index (χ4v) is 9.59. The van der Waals surface area contributed by atoms with Gasteiger partial charge in [0.25, 0.3) is 0 Å². The molecule has 0 aliphatic rings. The normalized spacial score (nSPS) is 11.5. The van der Waals surface area contributed by atoms with Crippen LogP contribution in [0, 0.1) is 0 Å². The molecule has 2 aromatic heterocycles. The van der Waals surface area contributed by atoms with Gasteiger partial charge in [0.05, 0.1) is 22.1 Å². The number of hydrogen-bond donors (Lipinski definition) is 0. The Kier molecular flexibility index (Phi) is 8.83. The van der Waals surface area contributed by atoms with Crippen molar-refractivity contribution in [2.45, 2.75) is 0 Å². The smallest absolute Gasteiger partial charge is 0.0621 e. The standard InChI is InChI=1S/C60H41N3/c1-5-17-42(18-6-1)44-29-34-49(35-30-44)61(50-36-31-45(32-37-50)43-19-7-2-8-20-43)51-40-54(60-56(41-51)53-26-14-16-28-58(53)63(60)48-23-11-4-12-24-48)46-33-38-59-55(39-46)52-25-13-15-27-57(52)62(59)47-21-9-3-10-22-47/h1-41H. The fourth-order valence-electron chi connectivity index (χ4n) is 9.59. The van der Waals surface area contributed by atoms with Gasteiger partial charge in [-0.05, 0) is 113 Å². The second-order valence-corrected chi connectivity index (χ2v) is 16.2. The number of hydrogen-bond acceptors (Lipinski definition) is 1. The molecule has 3 nitrogen and oxygen atoms in total. The van der Waals surface area contributed by atoms with Crippen LogP contribution >= 0.6 is 0 Å². The molecule has 0 amide bonds. The molecule has 63 heavy (non-hydrogen) atoms. The Morgan fingerprint density at radius 1 is 0.254 bits per heavy atom. The Hall–Kier alpha value is -8.40. The molecule has 0 saturated carbocycles. The van der Waals surface area contributed by atoms with E-state index in [2.05, 4.69) is 263 Å². The highest BCUT2D eigenvalue weighted by molar-refractivity contribution is 6.17. The number of aromatic nitrogens is 2. The van der Waals surface area contributed by atoms with Gasteiger partial charge in [-0.2, -0.15) is 0 Å². The molecule has 0 atom stereocenters. The third kappa shape index (κ3) is 6.29. The van der Waals surface area contributed by atoms with E-state index in [9.17, 15) is 0 Å². The lowest BCUT2D eigenvalue weighted by Gasteiger charge is -2.27. The number of benzene rings is 10. The van der Waals surface area contributed by atoms with Gasteiger partial charge >= 0.3 is 0 Å². The van der Waals surface area contributed by atoms with E-state index in [1.807, 2.05) is 0 Å². The van der Waals surface area contributed by atoms with Crippen molar-refractivity contribution in [3.05, 3.63) is 249 Å². The van der Waals surface area contributed by atoms with Gasteiger partial charge in [-0.1, -0.05) is 164 Å². The first kappa shape index (κ1) is 36.5. The van der Waals surface area contributed by atoms with Crippen LogP contribution in [0.4, 0.5) is 17.1 Å². The largest absolute Gasteiger partial charge is 0.310 e. The summed E-state index contributed by atoms with van der Waals surface area (Å²) in [5, 5.41) is 4.85. The maximum Gasteiger partial charge on any atom is 0.0621 e. The number of para-hydroxylation sites is 4. The van der Waals surface area contributed by atoms with Gasteiger partial charge in [0.15, 0.2) is 0 Å². The van der Waals surface area contributed by atoms with Crippen LogP contribution in [-0.4, -0.2) is 9.13 Å². The summed E-state index contributed by atoms with van der Waals surface area (Å²) in [7, 11) is 0. The zero-order valence-electron chi connectivity index (χ0n) is 34.5. The highest BCUT2D eigenvalue weighted by Gasteiger charge is 2.23. The van der Waals surface area contributed by atoms with Crippen molar-refractivity contribution in [2.24, 2.45) is 0 Å². The molecule has 0 aliphatic carbocycles. The predicted molar refractivity (Wildman–Crippen MR) is 266 cm³/mol. The van der Waals surface area contributed by atoms with Gasteiger partial charge in [-0.3, -0.25) is 0 Å². The fraction of sp³-hybridized carbons (Fsp3) is 0. The van der Waals surface area contributed by atoms with Gasteiger partial charge in [0.2, 0.25) is 0 Å². The molecule has 296 valence electrons. The number of nitrogens with zero attached hydrogens (tertiary/aromatic N) is 3. The maximum atomic E-state index is 2.45. The molecule has 0 aliphatic heterocycles. The Labute approximate surface area is 366 Å². The first-order valence-corrected chi connectivity index (χ1v) is 21.6. The van der Waals surface area contributed by atoms with Crippen LogP contribution in [0.2, 0.25) is 0 Å².